The van der Waals surface area contributed by atoms with E-state index >= 15 is 0 Å². The Kier molecular flexibility index (Phi) is 4.72. The van der Waals surface area contributed by atoms with Crippen molar-refractivity contribution in [2.24, 2.45) is 0 Å². The quantitative estimate of drug-likeness (QED) is 0.880. The van der Waals surface area contributed by atoms with Crippen LogP contribution in [0.4, 0.5) is 4.39 Å². The van der Waals surface area contributed by atoms with Crippen molar-refractivity contribution in [2.75, 3.05) is 7.05 Å². The lowest BCUT2D eigenvalue weighted by atomic mass is 9.98. The van der Waals surface area contributed by atoms with Gasteiger partial charge in [-0.25, -0.2) is 4.39 Å². The zero-order valence-electron chi connectivity index (χ0n) is 11.1. The van der Waals surface area contributed by atoms with Crippen LogP contribution in [0.1, 0.15) is 22.7 Å². The SMILES string of the molecule is CNC(Cc1cccc(Br)c1)c1ccc(C)c(F)c1. The number of halogens is 2. The summed E-state index contributed by atoms with van der Waals surface area (Å²) in [5.74, 6) is -0.146. The van der Waals surface area contributed by atoms with E-state index in [4.69, 9.17) is 0 Å². The fraction of sp³-hybridized carbons (Fsp3) is 0.250. The molecule has 1 unspecified atom stereocenters. The molecule has 1 N–H and O–H groups in total. The number of nitrogens with one attached hydrogen (secondary N) is 1. The molecule has 0 fully saturated rings. The van der Waals surface area contributed by atoms with E-state index in [-0.39, 0.29) is 11.9 Å². The van der Waals surface area contributed by atoms with Gasteiger partial charge in [-0.2, -0.15) is 0 Å². The van der Waals surface area contributed by atoms with Crippen LogP contribution in [0, 0.1) is 12.7 Å². The topological polar surface area (TPSA) is 12.0 Å². The van der Waals surface area contributed by atoms with Gasteiger partial charge in [-0.15, -0.1) is 0 Å². The molecule has 0 aliphatic carbocycles. The molecule has 2 rings (SSSR count). The molecular weight excluding hydrogens is 305 g/mol. The number of hydrogen-bond donors (Lipinski definition) is 1. The molecule has 0 aliphatic heterocycles. The van der Waals surface area contributed by atoms with Crippen LogP contribution in [0.5, 0.6) is 0 Å². The van der Waals surface area contributed by atoms with Crippen molar-refractivity contribution >= 4 is 15.9 Å². The molecule has 0 saturated heterocycles. The Bertz CT molecular complexity index is 568. The summed E-state index contributed by atoms with van der Waals surface area (Å²) in [6, 6.07) is 13.7. The molecule has 1 nitrogen and oxygen atoms in total. The van der Waals surface area contributed by atoms with E-state index in [0.29, 0.717) is 5.56 Å². The third-order valence-corrected chi connectivity index (χ3v) is 3.77. The number of hydrogen-bond acceptors (Lipinski definition) is 1. The van der Waals surface area contributed by atoms with Crippen LogP contribution in [0.2, 0.25) is 0 Å². The monoisotopic (exact) mass is 321 g/mol. The van der Waals surface area contributed by atoms with Gasteiger partial charge in [-0.1, -0.05) is 40.2 Å². The smallest absolute Gasteiger partial charge is 0.126 e. The lowest BCUT2D eigenvalue weighted by molar-refractivity contribution is 0.574. The lowest BCUT2D eigenvalue weighted by Gasteiger charge is -2.17. The molecule has 0 aliphatic rings. The zero-order valence-corrected chi connectivity index (χ0v) is 12.7. The Hall–Kier alpha value is -1.19. The minimum absolute atomic E-state index is 0.115. The van der Waals surface area contributed by atoms with E-state index in [1.807, 2.05) is 31.3 Å². The highest BCUT2D eigenvalue weighted by molar-refractivity contribution is 9.10. The first-order valence-electron chi connectivity index (χ1n) is 6.28. The summed E-state index contributed by atoms with van der Waals surface area (Å²) < 4.78 is 14.7. The predicted molar refractivity (Wildman–Crippen MR) is 80.8 cm³/mol. The van der Waals surface area contributed by atoms with E-state index in [9.17, 15) is 4.39 Å². The summed E-state index contributed by atoms with van der Waals surface area (Å²) in [5.41, 5.74) is 2.88. The summed E-state index contributed by atoms with van der Waals surface area (Å²) in [7, 11) is 1.90. The minimum Gasteiger partial charge on any atom is -0.313 e. The molecule has 0 heterocycles. The van der Waals surface area contributed by atoms with E-state index in [1.54, 1.807) is 13.0 Å². The molecule has 19 heavy (non-hydrogen) atoms. The highest BCUT2D eigenvalue weighted by Crippen LogP contribution is 2.22. The number of aryl methyl sites for hydroxylation is 1. The fourth-order valence-electron chi connectivity index (χ4n) is 2.11. The first-order chi connectivity index (χ1) is 9.10. The average molecular weight is 322 g/mol. The molecule has 0 radical (unpaired) electrons. The first-order valence-corrected chi connectivity index (χ1v) is 7.07. The van der Waals surface area contributed by atoms with Crippen LogP contribution < -0.4 is 5.32 Å². The second-order valence-electron chi connectivity index (χ2n) is 4.68. The Morgan fingerprint density at radius 3 is 2.63 bits per heavy atom. The average Bonchev–Trinajstić information content (AvgIpc) is 2.39. The molecule has 0 spiro atoms. The lowest BCUT2D eigenvalue weighted by Crippen LogP contribution is -2.19. The van der Waals surface area contributed by atoms with Gasteiger partial charge >= 0.3 is 0 Å². The summed E-state index contributed by atoms with van der Waals surface area (Å²) in [6.07, 6.45) is 0.832. The largest absolute Gasteiger partial charge is 0.313 e. The molecule has 3 heteroatoms. The first kappa shape index (κ1) is 14.2. The van der Waals surface area contributed by atoms with Crippen molar-refractivity contribution in [3.05, 3.63) is 69.4 Å². The van der Waals surface area contributed by atoms with Crippen LogP contribution in [-0.4, -0.2) is 7.05 Å². The molecule has 2 aromatic rings. The molecule has 0 bridgehead atoms. The van der Waals surface area contributed by atoms with Crippen LogP contribution in [0.3, 0.4) is 0 Å². The van der Waals surface area contributed by atoms with Crippen LogP contribution in [-0.2, 0) is 6.42 Å². The summed E-state index contributed by atoms with van der Waals surface area (Å²) >= 11 is 3.47. The number of benzene rings is 2. The van der Waals surface area contributed by atoms with Crippen LogP contribution >= 0.6 is 15.9 Å². The van der Waals surface area contributed by atoms with Crippen LogP contribution in [0.15, 0.2) is 46.9 Å². The summed E-state index contributed by atoms with van der Waals surface area (Å²) in [5, 5.41) is 3.25. The molecule has 0 saturated carbocycles. The summed E-state index contributed by atoms with van der Waals surface area (Å²) in [6.45, 7) is 1.78. The van der Waals surface area contributed by atoms with Gasteiger partial charge in [0.1, 0.15) is 5.82 Å². The summed E-state index contributed by atoms with van der Waals surface area (Å²) in [4.78, 5) is 0. The van der Waals surface area contributed by atoms with Crippen LogP contribution in [0.25, 0.3) is 0 Å². The van der Waals surface area contributed by atoms with E-state index < -0.39 is 0 Å². The van der Waals surface area contributed by atoms with Crippen molar-refractivity contribution < 1.29 is 4.39 Å². The Labute approximate surface area is 122 Å². The maximum atomic E-state index is 13.6. The van der Waals surface area contributed by atoms with Gasteiger partial charge in [-0.3, -0.25) is 0 Å². The Morgan fingerprint density at radius 1 is 1.21 bits per heavy atom. The number of likely N-dealkylation sites (N-methyl/N-ethyl adjacent to an activating group) is 1. The maximum absolute atomic E-state index is 13.6. The van der Waals surface area contributed by atoms with Crippen molar-refractivity contribution in [1.29, 1.82) is 0 Å². The number of rotatable bonds is 4. The maximum Gasteiger partial charge on any atom is 0.126 e. The van der Waals surface area contributed by atoms with Gasteiger partial charge in [0.25, 0.3) is 0 Å². The highest BCUT2D eigenvalue weighted by Gasteiger charge is 2.12. The molecule has 100 valence electrons. The molecule has 1 atom stereocenters. The standard InChI is InChI=1S/C16H17BrFN/c1-11-6-7-13(10-15(11)18)16(19-2)9-12-4-3-5-14(17)8-12/h3-8,10,16,19H,9H2,1-2H3. The molecule has 0 amide bonds. The highest BCUT2D eigenvalue weighted by atomic mass is 79.9. The van der Waals surface area contributed by atoms with Gasteiger partial charge in [0, 0.05) is 10.5 Å². The fourth-order valence-corrected chi connectivity index (χ4v) is 2.56. The van der Waals surface area contributed by atoms with E-state index in [2.05, 4.69) is 33.4 Å². The van der Waals surface area contributed by atoms with Gasteiger partial charge in [0.05, 0.1) is 0 Å². The second-order valence-corrected chi connectivity index (χ2v) is 5.60. The van der Waals surface area contributed by atoms with Gasteiger partial charge in [-0.05, 0) is 55.3 Å². The van der Waals surface area contributed by atoms with Crippen molar-refractivity contribution in [1.82, 2.24) is 5.32 Å². The molecular formula is C16H17BrFN. The predicted octanol–water partition coefficient (Wildman–Crippen LogP) is 4.40. The van der Waals surface area contributed by atoms with Gasteiger partial charge in [0.2, 0.25) is 0 Å². The third kappa shape index (κ3) is 3.64. The second kappa shape index (κ2) is 6.31. The normalized spacial score (nSPS) is 12.4. The Morgan fingerprint density at radius 2 is 2.00 bits per heavy atom. The van der Waals surface area contributed by atoms with Crippen molar-refractivity contribution in [3.8, 4) is 0 Å². The van der Waals surface area contributed by atoms with Gasteiger partial charge in [0.15, 0.2) is 0 Å². The van der Waals surface area contributed by atoms with Crippen molar-refractivity contribution in [3.63, 3.8) is 0 Å². The van der Waals surface area contributed by atoms with E-state index in [0.717, 1.165) is 16.5 Å². The third-order valence-electron chi connectivity index (χ3n) is 3.28. The molecule has 2 aromatic carbocycles. The Balaban J connectivity index is 2.22. The zero-order chi connectivity index (χ0) is 13.8. The molecule has 0 aromatic heterocycles. The van der Waals surface area contributed by atoms with Gasteiger partial charge < -0.3 is 5.32 Å². The minimum atomic E-state index is -0.146. The van der Waals surface area contributed by atoms with Crippen molar-refractivity contribution in [2.45, 2.75) is 19.4 Å². The van der Waals surface area contributed by atoms with E-state index in [1.165, 1.54) is 5.56 Å².